The van der Waals surface area contributed by atoms with Gasteiger partial charge < -0.3 is 10.6 Å². The maximum absolute atomic E-state index is 11.3. The lowest BCUT2D eigenvalue weighted by Crippen LogP contribution is -2.43. The van der Waals surface area contributed by atoms with E-state index >= 15 is 0 Å². The monoisotopic (exact) mass is 213 g/mol. The molecule has 0 aromatic carbocycles. The second-order valence-electron chi connectivity index (χ2n) is 3.95. The van der Waals surface area contributed by atoms with Gasteiger partial charge in [0.1, 0.15) is 6.54 Å². The van der Waals surface area contributed by atoms with Crippen molar-refractivity contribution in [3.05, 3.63) is 0 Å². The van der Waals surface area contributed by atoms with E-state index in [0.29, 0.717) is 12.0 Å². The van der Waals surface area contributed by atoms with Crippen molar-refractivity contribution < 1.29 is 4.79 Å². The minimum Gasteiger partial charge on any atom is -0.353 e. The Morgan fingerprint density at radius 2 is 2.20 bits per heavy atom. The first kappa shape index (κ1) is 11.8. The lowest BCUT2D eigenvalue weighted by atomic mass is 10.4. The second-order valence-corrected chi connectivity index (χ2v) is 3.95. The van der Waals surface area contributed by atoms with E-state index in [2.05, 4.69) is 21.1 Å². The number of amides is 1. The van der Waals surface area contributed by atoms with Crippen molar-refractivity contribution in [1.82, 2.24) is 16.1 Å². The van der Waals surface area contributed by atoms with Crippen LogP contribution in [0.25, 0.3) is 0 Å². The van der Waals surface area contributed by atoms with Crippen LogP contribution in [0.2, 0.25) is 0 Å². The van der Waals surface area contributed by atoms with Crippen LogP contribution in [0, 0.1) is 0 Å². The summed E-state index contributed by atoms with van der Waals surface area (Å²) in [6.07, 6.45) is 2.28. The van der Waals surface area contributed by atoms with E-state index in [1.807, 2.05) is 13.8 Å². The number of hydrogen-bond acceptors (Lipinski definition) is 3. The van der Waals surface area contributed by atoms with Crippen LogP contribution in [0.5, 0.6) is 0 Å². The Balaban J connectivity index is 2.28. The average Bonchev–Trinajstić information content (AvgIpc) is 2.94. The van der Waals surface area contributed by atoms with Gasteiger partial charge in [-0.15, -0.1) is 0 Å². The molecule has 0 saturated heterocycles. The van der Waals surface area contributed by atoms with Crippen molar-refractivity contribution in [3.8, 4) is 0 Å². The molecule has 15 heavy (non-hydrogen) atoms. The van der Waals surface area contributed by atoms with E-state index in [1.54, 1.807) is 0 Å². The summed E-state index contributed by atoms with van der Waals surface area (Å²) in [4.78, 5) is 15.3. The molecule has 1 rings (SSSR count). The third-order valence-corrected chi connectivity index (χ3v) is 1.89. The number of hydrazine groups is 1. The molecule has 0 bridgehead atoms. The molecule has 1 amide bonds. The minimum atomic E-state index is -0.102. The van der Waals surface area contributed by atoms with Gasteiger partial charge in [-0.3, -0.25) is 10.2 Å². The second kappa shape index (κ2) is 5.55. The summed E-state index contributed by atoms with van der Waals surface area (Å²) in [5, 5.41) is 5.83. The van der Waals surface area contributed by atoms with Crippen molar-refractivity contribution in [2.75, 3.05) is 6.54 Å². The highest BCUT2D eigenvalue weighted by Crippen LogP contribution is 2.18. The Morgan fingerprint density at radius 3 is 2.67 bits per heavy atom. The Bertz CT molecular complexity index is 247. The quantitative estimate of drug-likeness (QED) is 0.210. The molecule has 1 fully saturated rings. The predicted molar refractivity (Wildman–Crippen MR) is 59.1 cm³/mol. The van der Waals surface area contributed by atoms with Gasteiger partial charge in [-0.2, -0.15) is 0 Å². The van der Waals surface area contributed by atoms with Gasteiger partial charge in [0.05, 0.1) is 0 Å². The summed E-state index contributed by atoms with van der Waals surface area (Å²) in [5.41, 5.74) is 2.44. The van der Waals surface area contributed by atoms with Gasteiger partial charge in [0, 0.05) is 12.1 Å². The van der Waals surface area contributed by atoms with Gasteiger partial charge in [0.15, 0.2) is 0 Å². The normalized spacial score (nSPS) is 16.4. The first-order valence-corrected chi connectivity index (χ1v) is 5.18. The third kappa shape index (κ3) is 5.21. The zero-order chi connectivity index (χ0) is 11.3. The lowest BCUT2D eigenvalue weighted by Gasteiger charge is -2.09. The highest BCUT2D eigenvalue weighted by Gasteiger charge is 2.22. The topological polar surface area (TPSA) is 91.5 Å². The predicted octanol–water partition coefficient (Wildman–Crippen LogP) is -0.918. The van der Waals surface area contributed by atoms with Crippen LogP contribution in [0.15, 0.2) is 4.99 Å². The zero-order valence-corrected chi connectivity index (χ0v) is 9.21. The number of rotatable bonds is 4. The fourth-order valence-corrected chi connectivity index (χ4v) is 1.07. The third-order valence-electron chi connectivity index (χ3n) is 1.89. The summed E-state index contributed by atoms with van der Waals surface area (Å²) < 4.78 is 0. The van der Waals surface area contributed by atoms with E-state index < -0.39 is 0 Å². The molecule has 0 radical (unpaired) electrons. The molecule has 0 aromatic heterocycles. The molecule has 1 aliphatic carbocycles. The van der Waals surface area contributed by atoms with E-state index in [9.17, 15) is 4.79 Å². The van der Waals surface area contributed by atoms with Gasteiger partial charge in [0.25, 0.3) is 0 Å². The number of carbonyl (C=O) groups excluding carboxylic acids is 1. The minimum absolute atomic E-state index is 0.0947. The van der Waals surface area contributed by atoms with Crippen molar-refractivity contribution in [2.24, 2.45) is 10.8 Å². The summed E-state index contributed by atoms with van der Waals surface area (Å²) in [6.45, 7) is 3.91. The molecule has 0 unspecified atom stereocenters. The molecule has 5 N–H and O–H groups in total. The van der Waals surface area contributed by atoms with Crippen LogP contribution in [-0.2, 0) is 4.79 Å². The molecule has 6 nitrogen and oxygen atoms in total. The molecular weight excluding hydrogens is 194 g/mol. The molecule has 0 spiro atoms. The smallest absolute Gasteiger partial charge is 0.242 e. The molecule has 0 heterocycles. The zero-order valence-electron chi connectivity index (χ0n) is 9.21. The number of guanidine groups is 1. The van der Waals surface area contributed by atoms with Crippen LogP contribution in [0.3, 0.4) is 0 Å². The van der Waals surface area contributed by atoms with Gasteiger partial charge >= 0.3 is 0 Å². The fourth-order valence-electron chi connectivity index (χ4n) is 1.07. The average molecular weight is 213 g/mol. The van der Waals surface area contributed by atoms with Gasteiger partial charge in [0.2, 0.25) is 11.9 Å². The lowest BCUT2D eigenvalue weighted by molar-refractivity contribution is -0.120. The molecule has 1 saturated carbocycles. The molecule has 86 valence electrons. The molecule has 0 aromatic rings. The number of hydrogen-bond donors (Lipinski definition) is 4. The van der Waals surface area contributed by atoms with E-state index in [1.165, 1.54) is 0 Å². The molecule has 0 aliphatic heterocycles. The van der Waals surface area contributed by atoms with Gasteiger partial charge in [-0.25, -0.2) is 10.8 Å². The highest BCUT2D eigenvalue weighted by molar-refractivity contribution is 5.84. The standard InChI is InChI=1S/C9H19N5O/c1-6(2)12-8(15)5-11-9(14-10)13-7-3-4-7/h6-7H,3-5,10H2,1-2H3,(H,12,15)(H2,11,13,14). The first-order chi connectivity index (χ1) is 7.11. The van der Waals surface area contributed by atoms with Crippen LogP contribution >= 0.6 is 0 Å². The van der Waals surface area contributed by atoms with Crippen molar-refractivity contribution in [3.63, 3.8) is 0 Å². The Hall–Kier alpha value is -1.30. The van der Waals surface area contributed by atoms with Crippen LogP contribution < -0.4 is 21.9 Å². The van der Waals surface area contributed by atoms with Crippen molar-refractivity contribution in [1.29, 1.82) is 0 Å². The van der Waals surface area contributed by atoms with Gasteiger partial charge in [-0.1, -0.05) is 0 Å². The van der Waals surface area contributed by atoms with E-state index in [-0.39, 0.29) is 18.5 Å². The Labute approximate surface area is 89.7 Å². The number of nitrogens with two attached hydrogens (primary N) is 1. The van der Waals surface area contributed by atoms with Crippen molar-refractivity contribution in [2.45, 2.75) is 38.8 Å². The maximum Gasteiger partial charge on any atom is 0.242 e. The van der Waals surface area contributed by atoms with Crippen molar-refractivity contribution >= 4 is 11.9 Å². The summed E-state index contributed by atoms with van der Waals surface area (Å²) in [6, 6.07) is 0.603. The molecular formula is C9H19N5O. The highest BCUT2D eigenvalue weighted by atomic mass is 16.1. The molecule has 6 heteroatoms. The number of nitrogens with zero attached hydrogens (tertiary/aromatic N) is 1. The fraction of sp³-hybridized carbons (Fsp3) is 0.778. The summed E-state index contributed by atoms with van der Waals surface area (Å²) in [5.74, 6) is 5.64. The van der Waals surface area contributed by atoms with Crippen LogP contribution in [0.4, 0.5) is 0 Å². The number of carbonyl (C=O) groups is 1. The Morgan fingerprint density at radius 1 is 1.53 bits per heavy atom. The summed E-state index contributed by atoms with van der Waals surface area (Å²) in [7, 11) is 0. The van der Waals surface area contributed by atoms with E-state index in [4.69, 9.17) is 5.84 Å². The largest absolute Gasteiger partial charge is 0.353 e. The van der Waals surface area contributed by atoms with Crippen LogP contribution in [0.1, 0.15) is 26.7 Å². The number of nitrogens with one attached hydrogen (secondary N) is 3. The van der Waals surface area contributed by atoms with E-state index in [0.717, 1.165) is 12.8 Å². The first-order valence-electron chi connectivity index (χ1n) is 5.18. The summed E-state index contributed by atoms with van der Waals surface area (Å²) >= 11 is 0. The SMILES string of the molecule is CC(C)NC(=O)CN=C(NN)NC1CC1. The van der Waals surface area contributed by atoms with Crippen LogP contribution in [-0.4, -0.2) is 30.5 Å². The molecule has 0 atom stereocenters. The van der Waals surface area contributed by atoms with Gasteiger partial charge in [-0.05, 0) is 26.7 Å². The Kier molecular flexibility index (Phi) is 4.36. The molecule has 1 aliphatic rings. The maximum atomic E-state index is 11.3. The number of aliphatic imine (C=N–C) groups is 1.